The highest BCUT2D eigenvalue weighted by molar-refractivity contribution is 7.80. The molecule has 1 aromatic rings. The maximum absolute atomic E-state index is 13.7. The monoisotopic (exact) mass is 267 g/mol. The van der Waals surface area contributed by atoms with Gasteiger partial charge in [0.15, 0.2) is 0 Å². The van der Waals surface area contributed by atoms with Crippen molar-refractivity contribution >= 4 is 17.2 Å². The van der Waals surface area contributed by atoms with Gasteiger partial charge in [-0.3, -0.25) is 0 Å². The van der Waals surface area contributed by atoms with Crippen LogP contribution in [0.15, 0.2) is 18.2 Å². The summed E-state index contributed by atoms with van der Waals surface area (Å²) < 4.78 is 19.5. The molecule has 18 heavy (non-hydrogen) atoms. The molecule has 0 radical (unpaired) electrons. The van der Waals surface area contributed by atoms with Crippen molar-refractivity contribution in [1.82, 2.24) is 0 Å². The molecule has 0 spiro atoms. The second kappa shape index (κ2) is 5.65. The van der Waals surface area contributed by atoms with Gasteiger partial charge in [-0.25, -0.2) is 4.39 Å². The van der Waals surface area contributed by atoms with Crippen LogP contribution in [0.4, 0.5) is 4.39 Å². The molecule has 0 aliphatic heterocycles. The second-order valence-electron chi connectivity index (χ2n) is 4.98. The number of nitrogens with two attached hydrogens (primary N) is 1. The van der Waals surface area contributed by atoms with E-state index in [-0.39, 0.29) is 16.7 Å². The molecule has 2 nitrogen and oxygen atoms in total. The van der Waals surface area contributed by atoms with Crippen molar-refractivity contribution in [3.63, 3.8) is 0 Å². The summed E-state index contributed by atoms with van der Waals surface area (Å²) in [6, 6.07) is 4.71. The van der Waals surface area contributed by atoms with Crippen molar-refractivity contribution in [3.05, 3.63) is 29.6 Å². The smallest absolute Gasteiger partial charge is 0.137 e. The number of halogens is 1. The maximum atomic E-state index is 13.7. The Morgan fingerprint density at radius 2 is 2.00 bits per heavy atom. The third-order valence-corrected chi connectivity index (χ3v) is 3.68. The molecular formula is C14H18FNOS. The molecule has 4 heteroatoms. The Morgan fingerprint density at radius 3 is 2.61 bits per heavy atom. The number of rotatable bonds is 3. The van der Waals surface area contributed by atoms with Gasteiger partial charge in [0.05, 0.1) is 11.7 Å². The highest BCUT2D eigenvalue weighted by Crippen LogP contribution is 2.29. The number of thiocarbonyl (C=S) groups is 1. The number of benzene rings is 1. The van der Waals surface area contributed by atoms with Gasteiger partial charge in [-0.1, -0.05) is 25.2 Å². The third kappa shape index (κ3) is 2.99. The van der Waals surface area contributed by atoms with Crippen molar-refractivity contribution in [1.29, 1.82) is 0 Å². The summed E-state index contributed by atoms with van der Waals surface area (Å²) in [7, 11) is 0. The topological polar surface area (TPSA) is 35.2 Å². The van der Waals surface area contributed by atoms with Gasteiger partial charge >= 0.3 is 0 Å². The first-order chi connectivity index (χ1) is 8.58. The minimum atomic E-state index is -0.413. The molecule has 0 bridgehead atoms. The summed E-state index contributed by atoms with van der Waals surface area (Å²) in [5, 5.41) is 0. The SMILES string of the molecule is CC1CCC(Oc2cccc(F)c2C(N)=S)CC1. The second-order valence-corrected chi connectivity index (χ2v) is 5.42. The van der Waals surface area contributed by atoms with Crippen LogP contribution in [0.2, 0.25) is 0 Å². The zero-order chi connectivity index (χ0) is 13.1. The van der Waals surface area contributed by atoms with Gasteiger partial charge in [0.2, 0.25) is 0 Å². The summed E-state index contributed by atoms with van der Waals surface area (Å²) >= 11 is 4.88. The Balaban J connectivity index is 2.14. The van der Waals surface area contributed by atoms with Crippen molar-refractivity contribution in [2.45, 2.75) is 38.7 Å². The lowest BCUT2D eigenvalue weighted by Gasteiger charge is -2.27. The summed E-state index contributed by atoms with van der Waals surface area (Å²) in [6.07, 6.45) is 4.48. The van der Waals surface area contributed by atoms with Crippen LogP contribution in [0, 0.1) is 11.7 Å². The van der Waals surface area contributed by atoms with E-state index in [0.717, 1.165) is 31.6 Å². The lowest BCUT2D eigenvalue weighted by atomic mass is 9.89. The molecule has 98 valence electrons. The van der Waals surface area contributed by atoms with Crippen LogP contribution in [0.25, 0.3) is 0 Å². The fourth-order valence-corrected chi connectivity index (χ4v) is 2.57. The van der Waals surface area contributed by atoms with Gasteiger partial charge in [-0.05, 0) is 43.7 Å². The van der Waals surface area contributed by atoms with Gasteiger partial charge in [0, 0.05) is 0 Å². The lowest BCUT2D eigenvalue weighted by Crippen LogP contribution is -2.24. The molecule has 0 unspecified atom stereocenters. The van der Waals surface area contributed by atoms with Gasteiger partial charge in [-0.15, -0.1) is 0 Å². The molecular weight excluding hydrogens is 249 g/mol. The van der Waals surface area contributed by atoms with Crippen molar-refractivity contribution in [2.24, 2.45) is 11.7 Å². The van der Waals surface area contributed by atoms with Gasteiger partial charge in [-0.2, -0.15) is 0 Å². The minimum Gasteiger partial charge on any atom is -0.490 e. The molecule has 0 heterocycles. The van der Waals surface area contributed by atoms with Crippen LogP contribution >= 0.6 is 12.2 Å². The Morgan fingerprint density at radius 1 is 1.33 bits per heavy atom. The molecule has 0 saturated heterocycles. The molecule has 0 aromatic heterocycles. The number of hydrogen-bond acceptors (Lipinski definition) is 2. The van der Waals surface area contributed by atoms with Gasteiger partial charge in [0.1, 0.15) is 16.6 Å². The first-order valence-electron chi connectivity index (χ1n) is 6.33. The van der Waals surface area contributed by atoms with Crippen LogP contribution in [0.1, 0.15) is 38.2 Å². The fourth-order valence-electron chi connectivity index (χ4n) is 2.37. The standard InChI is InChI=1S/C14H18FNOS/c1-9-5-7-10(8-6-9)17-12-4-2-3-11(15)13(12)14(16)18/h2-4,9-10H,5-8H2,1H3,(H2,16,18). The quantitative estimate of drug-likeness (QED) is 0.852. The van der Waals surface area contributed by atoms with Crippen LogP contribution in [-0.4, -0.2) is 11.1 Å². The molecule has 0 atom stereocenters. The van der Waals surface area contributed by atoms with E-state index in [2.05, 4.69) is 6.92 Å². The van der Waals surface area contributed by atoms with Crippen molar-refractivity contribution < 1.29 is 9.13 Å². The zero-order valence-electron chi connectivity index (χ0n) is 10.5. The fraction of sp³-hybridized carbons (Fsp3) is 0.500. The molecule has 1 saturated carbocycles. The number of ether oxygens (including phenoxy) is 1. The van der Waals surface area contributed by atoms with E-state index in [1.165, 1.54) is 6.07 Å². The van der Waals surface area contributed by atoms with Crippen LogP contribution in [0.5, 0.6) is 5.75 Å². The molecule has 2 N–H and O–H groups in total. The summed E-state index contributed by atoms with van der Waals surface area (Å²) in [5.74, 6) is 0.818. The summed E-state index contributed by atoms with van der Waals surface area (Å²) in [5.41, 5.74) is 5.78. The highest BCUT2D eigenvalue weighted by atomic mass is 32.1. The van der Waals surface area contributed by atoms with Gasteiger partial charge < -0.3 is 10.5 Å². The van der Waals surface area contributed by atoms with E-state index in [1.54, 1.807) is 12.1 Å². The molecule has 0 amide bonds. The maximum Gasteiger partial charge on any atom is 0.137 e. The molecule has 1 aliphatic carbocycles. The van der Waals surface area contributed by atoms with E-state index in [4.69, 9.17) is 22.7 Å². The van der Waals surface area contributed by atoms with Crippen molar-refractivity contribution in [2.75, 3.05) is 0 Å². The van der Waals surface area contributed by atoms with E-state index in [9.17, 15) is 4.39 Å². The first-order valence-corrected chi connectivity index (χ1v) is 6.73. The normalized spacial score (nSPS) is 23.7. The number of hydrogen-bond donors (Lipinski definition) is 1. The van der Waals surface area contributed by atoms with E-state index < -0.39 is 5.82 Å². The van der Waals surface area contributed by atoms with Crippen LogP contribution in [-0.2, 0) is 0 Å². The first kappa shape index (κ1) is 13.3. The molecule has 1 fully saturated rings. The van der Waals surface area contributed by atoms with Crippen LogP contribution in [0.3, 0.4) is 0 Å². The Bertz CT molecular complexity index is 441. The summed E-state index contributed by atoms with van der Waals surface area (Å²) in [6.45, 7) is 2.25. The Labute approximate surface area is 112 Å². The van der Waals surface area contributed by atoms with E-state index in [1.807, 2.05) is 0 Å². The predicted molar refractivity (Wildman–Crippen MR) is 74.3 cm³/mol. The van der Waals surface area contributed by atoms with Crippen LogP contribution < -0.4 is 10.5 Å². The lowest BCUT2D eigenvalue weighted by molar-refractivity contribution is 0.135. The third-order valence-electron chi connectivity index (χ3n) is 3.48. The average molecular weight is 267 g/mol. The molecule has 2 rings (SSSR count). The molecule has 1 aromatic carbocycles. The average Bonchev–Trinajstić information content (AvgIpc) is 2.32. The minimum absolute atomic E-state index is 0.0484. The Hall–Kier alpha value is -1.16. The van der Waals surface area contributed by atoms with E-state index in [0.29, 0.717) is 5.75 Å². The zero-order valence-corrected chi connectivity index (χ0v) is 11.3. The predicted octanol–water partition coefficient (Wildman–Crippen LogP) is 3.42. The Kier molecular flexibility index (Phi) is 4.17. The highest BCUT2D eigenvalue weighted by Gasteiger charge is 2.21. The van der Waals surface area contributed by atoms with Crippen molar-refractivity contribution in [3.8, 4) is 5.75 Å². The summed E-state index contributed by atoms with van der Waals surface area (Å²) in [4.78, 5) is 0.0484. The van der Waals surface area contributed by atoms with Gasteiger partial charge in [0.25, 0.3) is 0 Å². The molecule has 1 aliphatic rings. The van der Waals surface area contributed by atoms with E-state index >= 15 is 0 Å². The largest absolute Gasteiger partial charge is 0.490 e.